The second-order valence-corrected chi connectivity index (χ2v) is 5.93. The number of hydrogen-bond donors (Lipinski definition) is 1. The Balaban J connectivity index is 3.12. The standard InChI is InChI=1S/C18H34O2/c1-3-4-5-6-7-8-9-10-11-12-13-14-17(2)15-16-18(19)20/h2-16H2,1H3,(H,19,20). The molecule has 0 fully saturated rings. The van der Waals surface area contributed by atoms with E-state index >= 15 is 0 Å². The molecule has 0 rings (SSSR count). The van der Waals surface area contributed by atoms with Crippen LogP contribution in [0.25, 0.3) is 0 Å². The first-order valence-corrected chi connectivity index (χ1v) is 8.55. The van der Waals surface area contributed by atoms with E-state index in [0.29, 0.717) is 6.42 Å². The minimum absolute atomic E-state index is 0.233. The van der Waals surface area contributed by atoms with E-state index in [4.69, 9.17) is 5.11 Å². The monoisotopic (exact) mass is 282 g/mol. The molecule has 0 amide bonds. The van der Waals surface area contributed by atoms with E-state index in [1.54, 1.807) is 0 Å². The predicted octanol–water partition coefficient (Wildman–Crippen LogP) is 6.11. The zero-order chi connectivity index (χ0) is 15.1. The summed E-state index contributed by atoms with van der Waals surface area (Å²) in [6.45, 7) is 6.21. The van der Waals surface area contributed by atoms with Gasteiger partial charge < -0.3 is 5.11 Å². The van der Waals surface area contributed by atoms with Crippen LogP contribution in [0.2, 0.25) is 0 Å². The van der Waals surface area contributed by atoms with Crippen LogP contribution in [0.5, 0.6) is 0 Å². The maximum Gasteiger partial charge on any atom is 0.303 e. The summed E-state index contributed by atoms with van der Waals surface area (Å²) in [5.74, 6) is -0.718. The molecule has 20 heavy (non-hydrogen) atoms. The normalized spacial score (nSPS) is 10.7. The van der Waals surface area contributed by atoms with Gasteiger partial charge in [0.1, 0.15) is 0 Å². The first-order chi connectivity index (χ1) is 9.66. The van der Waals surface area contributed by atoms with Crippen LogP contribution in [0.15, 0.2) is 12.2 Å². The third-order valence-electron chi connectivity index (χ3n) is 3.83. The summed E-state index contributed by atoms with van der Waals surface area (Å²) >= 11 is 0. The largest absolute Gasteiger partial charge is 0.481 e. The van der Waals surface area contributed by atoms with Crippen molar-refractivity contribution in [3.8, 4) is 0 Å². The highest BCUT2D eigenvalue weighted by Gasteiger charge is 2.00. The van der Waals surface area contributed by atoms with Crippen molar-refractivity contribution in [1.82, 2.24) is 0 Å². The molecule has 0 spiro atoms. The lowest BCUT2D eigenvalue weighted by molar-refractivity contribution is -0.136. The lowest BCUT2D eigenvalue weighted by Gasteiger charge is -2.04. The van der Waals surface area contributed by atoms with Crippen LogP contribution in [-0.4, -0.2) is 11.1 Å². The fourth-order valence-electron chi connectivity index (χ4n) is 2.45. The lowest BCUT2D eigenvalue weighted by atomic mass is 10.0. The summed E-state index contributed by atoms with van der Waals surface area (Å²) in [5, 5.41) is 8.58. The highest BCUT2D eigenvalue weighted by Crippen LogP contribution is 2.15. The van der Waals surface area contributed by atoms with Crippen LogP contribution < -0.4 is 0 Å². The molecular weight excluding hydrogens is 248 g/mol. The van der Waals surface area contributed by atoms with Gasteiger partial charge in [0.05, 0.1) is 0 Å². The van der Waals surface area contributed by atoms with Crippen molar-refractivity contribution in [2.24, 2.45) is 0 Å². The molecule has 0 saturated carbocycles. The molecule has 0 aliphatic heterocycles. The number of unbranched alkanes of at least 4 members (excludes halogenated alkanes) is 10. The highest BCUT2D eigenvalue weighted by atomic mass is 16.4. The minimum Gasteiger partial charge on any atom is -0.481 e. The van der Waals surface area contributed by atoms with Crippen molar-refractivity contribution in [3.63, 3.8) is 0 Å². The van der Waals surface area contributed by atoms with Crippen LogP contribution in [-0.2, 0) is 4.79 Å². The second kappa shape index (κ2) is 14.6. The Labute approximate surface area is 125 Å². The molecule has 2 heteroatoms. The van der Waals surface area contributed by atoms with Crippen LogP contribution in [0.4, 0.5) is 0 Å². The van der Waals surface area contributed by atoms with Crippen LogP contribution in [0.1, 0.15) is 96.8 Å². The average Bonchev–Trinajstić information content (AvgIpc) is 2.42. The summed E-state index contributed by atoms with van der Waals surface area (Å²) in [5.41, 5.74) is 1.10. The third kappa shape index (κ3) is 15.3. The maximum atomic E-state index is 10.4. The molecule has 0 aromatic carbocycles. The fourth-order valence-corrected chi connectivity index (χ4v) is 2.45. The molecule has 0 aromatic rings. The molecule has 0 heterocycles. The molecule has 0 saturated heterocycles. The molecule has 0 aliphatic rings. The van der Waals surface area contributed by atoms with Gasteiger partial charge in [-0.15, -0.1) is 0 Å². The Morgan fingerprint density at radius 3 is 1.65 bits per heavy atom. The number of carboxylic acids is 1. The molecular formula is C18H34O2. The molecule has 118 valence electrons. The van der Waals surface area contributed by atoms with Gasteiger partial charge in [-0.2, -0.15) is 0 Å². The van der Waals surface area contributed by atoms with Gasteiger partial charge >= 0.3 is 5.97 Å². The van der Waals surface area contributed by atoms with Gasteiger partial charge in [-0.05, 0) is 19.3 Å². The molecule has 0 atom stereocenters. The topological polar surface area (TPSA) is 37.3 Å². The van der Waals surface area contributed by atoms with Crippen molar-refractivity contribution in [1.29, 1.82) is 0 Å². The van der Waals surface area contributed by atoms with Gasteiger partial charge in [0.2, 0.25) is 0 Å². The Bertz CT molecular complexity index is 246. The Morgan fingerprint density at radius 2 is 1.20 bits per heavy atom. The van der Waals surface area contributed by atoms with E-state index in [1.807, 2.05) is 0 Å². The van der Waals surface area contributed by atoms with Gasteiger partial charge in [-0.3, -0.25) is 4.79 Å². The van der Waals surface area contributed by atoms with Crippen molar-refractivity contribution in [3.05, 3.63) is 12.2 Å². The molecule has 0 radical (unpaired) electrons. The summed E-state index contributed by atoms with van der Waals surface area (Å²) in [6, 6.07) is 0. The van der Waals surface area contributed by atoms with Crippen LogP contribution in [0, 0.1) is 0 Å². The van der Waals surface area contributed by atoms with E-state index in [2.05, 4.69) is 13.5 Å². The van der Waals surface area contributed by atoms with E-state index in [0.717, 1.165) is 12.0 Å². The molecule has 0 aromatic heterocycles. The third-order valence-corrected chi connectivity index (χ3v) is 3.83. The number of allylic oxidation sites excluding steroid dienone is 1. The number of aliphatic carboxylic acids is 1. The lowest BCUT2D eigenvalue weighted by Crippen LogP contribution is -1.95. The SMILES string of the molecule is C=C(CCCCCCCCCCCCC)CCC(=O)O. The van der Waals surface area contributed by atoms with Crippen LogP contribution >= 0.6 is 0 Å². The Kier molecular flexibility index (Phi) is 14.0. The van der Waals surface area contributed by atoms with Gasteiger partial charge in [0.25, 0.3) is 0 Å². The maximum absolute atomic E-state index is 10.4. The zero-order valence-electron chi connectivity index (χ0n) is 13.5. The van der Waals surface area contributed by atoms with E-state index < -0.39 is 5.97 Å². The first-order valence-electron chi connectivity index (χ1n) is 8.55. The van der Waals surface area contributed by atoms with E-state index in [1.165, 1.54) is 70.6 Å². The molecule has 2 nitrogen and oxygen atoms in total. The highest BCUT2D eigenvalue weighted by molar-refractivity contribution is 5.66. The van der Waals surface area contributed by atoms with Crippen molar-refractivity contribution in [2.45, 2.75) is 96.8 Å². The predicted molar refractivity (Wildman–Crippen MR) is 87.1 cm³/mol. The molecule has 0 unspecified atom stereocenters. The smallest absolute Gasteiger partial charge is 0.303 e. The van der Waals surface area contributed by atoms with Crippen molar-refractivity contribution >= 4 is 5.97 Å². The second-order valence-electron chi connectivity index (χ2n) is 5.93. The number of rotatable bonds is 15. The number of carboxylic acid groups (broad SMARTS) is 1. The van der Waals surface area contributed by atoms with E-state index in [-0.39, 0.29) is 6.42 Å². The van der Waals surface area contributed by atoms with Crippen LogP contribution in [0.3, 0.4) is 0 Å². The van der Waals surface area contributed by atoms with Crippen molar-refractivity contribution in [2.75, 3.05) is 0 Å². The molecule has 0 bridgehead atoms. The first kappa shape index (κ1) is 19.2. The average molecular weight is 282 g/mol. The van der Waals surface area contributed by atoms with Crippen molar-refractivity contribution < 1.29 is 9.90 Å². The van der Waals surface area contributed by atoms with Gasteiger partial charge in [0.15, 0.2) is 0 Å². The molecule has 0 aliphatic carbocycles. The Morgan fingerprint density at radius 1 is 0.750 bits per heavy atom. The summed E-state index contributed by atoms with van der Waals surface area (Å²) < 4.78 is 0. The quantitative estimate of drug-likeness (QED) is 0.291. The number of carbonyl (C=O) groups is 1. The number of hydrogen-bond acceptors (Lipinski definition) is 1. The summed E-state index contributed by atoms with van der Waals surface area (Å²) in [7, 11) is 0. The van der Waals surface area contributed by atoms with Gasteiger partial charge in [-0.1, -0.05) is 83.3 Å². The minimum atomic E-state index is -0.718. The molecule has 1 N–H and O–H groups in total. The van der Waals surface area contributed by atoms with Gasteiger partial charge in [-0.25, -0.2) is 0 Å². The Hall–Kier alpha value is -0.790. The van der Waals surface area contributed by atoms with Gasteiger partial charge in [0, 0.05) is 6.42 Å². The van der Waals surface area contributed by atoms with E-state index in [9.17, 15) is 4.79 Å². The summed E-state index contributed by atoms with van der Waals surface area (Å²) in [6.07, 6.45) is 16.7. The summed E-state index contributed by atoms with van der Waals surface area (Å²) in [4.78, 5) is 10.4. The zero-order valence-corrected chi connectivity index (χ0v) is 13.5. The fraction of sp³-hybridized carbons (Fsp3) is 0.833.